The molecule has 0 atom stereocenters. The van der Waals surface area contributed by atoms with Gasteiger partial charge in [0.15, 0.2) is 5.70 Å². The lowest BCUT2D eigenvalue weighted by Gasteiger charge is -2.01. The summed E-state index contributed by atoms with van der Waals surface area (Å²) in [5, 5.41) is 9.07. The Morgan fingerprint density at radius 3 is 2.65 bits per heavy atom. The van der Waals surface area contributed by atoms with Crippen LogP contribution >= 0.6 is 0 Å². The molecule has 0 fully saturated rings. The highest BCUT2D eigenvalue weighted by atomic mass is 16.4. The summed E-state index contributed by atoms with van der Waals surface area (Å²) in [7, 11) is 0. The van der Waals surface area contributed by atoms with Crippen molar-refractivity contribution in [3.63, 3.8) is 0 Å². The van der Waals surface area contributed by atoms with Crippen molar-refractivity contribution in [2.75, 3.05) is 0 Å². The molecule has 0 unspecified atom stereocenters. The molecule has 0 spiro atoms. The van der Waals surface area contributed by atoms with E-state index >= 15 is 0 Å². The smallest absolute Gasteiger partial charge is 0.355 e. The molecule has 0 saturated carbocycles. The first-order valence-electron chi connectivity index (χ1n) is 5.13. The topological polar surface area (TPSA) is 62.0 Å². The minimum absolute atomic E-state index is 0.0661. The van der Waals surface area contributed by atoms with Gasteiger partial charge in [-0.25, -0.2) is 9.79 Å². The van der Waals surface area contributed by atoms with Gasteiger partial charge in [-0.1, -0.05) is 30.3 Å². The molecule has 0 saturated heterocycles. The minimum Gasteiger partial charge on any atom is -0.476 e. The van der Waals surface area contributed by atoms with Crippen molar-refractivity contribution in [3.05, 3.63) is 58.9 Å². The summed E-state index contributed by atoms with van der Waals surface area (Å²) in [4.78, 5) is 19.2. The van der Waals surface area contributed by atoms with E-state index in [1.54, 1.807) is 6.20 Å². The second-order valence-electron chi connectivity index (χ2n) is 3.71. The summed E-state index contributed by atoms with van der Waals surface area (Å²) in [6, 6.07) is 9.51. The summed E-state index contributed by atoms with van der Waals surface area (Å²) in [5.74, 6) is -1.02. The lowest BCUT2D eigenvalue weighted by atomic mass is 10.0. The Morgan fingerprint density at radius 2 is 1.94 bits per heavy atom. The fourth-order valence-electron chi connectivity index (χ4n) is 1.91. The van der Waals surface area contributed by atoms with Crippen LogP contribution in [0.15, 0.2) is 63.4 Å². The van der Waals surface area contributed by atoms with Gasteiger partial charge in [0.1, 0.15) is 0 Å². The molecule has 3 rings (SSSR count). The molecule has 1 N–H and O–H groups in total. The van der Waals surface area contributed by atoms with Crippen molar-refractivity contribution in [2.24, 2.45) is 9.98 Å². The van der Waals surface area contributed by atoms with Crippen LogP contribution in [0.2, 0.25) is 0 Å². The van der Waals surface area contributed by atoms with E-state index in [4.69, 9.17) is 5.11 Å². The first-order chi connectivity index (χ1) is 8.27. The highest BCUT2D eigenvalue weighted by molar-refractivity contribution is 6.25. The van der Waals surface area contributed by atoms with Crippen LogP contribution in [0, 0.1) is 0 Å². The number of hydrogen-bond donors (Lipinski definition) is 1. The first-order valence-corrected chi connectivity index (χ1v) is 5.13. The molecule has 4 heteroatoms. The van der Waals surface area contributed by atoms with Crippen LogP contribution in [0.25, 0.3) is 0 Å². The molecule has 2 aliphatic heterocycles. The zero-order chi connectivity index (χ0) is 11.8. The van der Waals surface area contributed by atoms with E-state index < -0.39 is 5.97 Å². The largest absolute Gasteiger partial charge is 0.476 e. The first kappa shape index (κ1) is 9.72. The molecule has 0 bridgehead atoms. The summed E-state index contributed by atoms with van der Waals surface area (Å²) < 4.78 is 0. The Kier molecular flexibility index (Phi) is 2.01. The number of carboxylic acid groups (broad SMARTS) is 1. The van der Waals surface area contributed by atoms with Crippen molar-refractivity contribution in [3.8, 4) is 0 Å². The molecule has 4 nitrogen and oxygen atoms in total. The number of fused-ring (bicyclic) bond motifs is 1. The highest BCUT2D eigenvalue weighted by Crippen LogP contribution is 2.30. The number of carboxylic acids is 1. The molecule has 2 heterocycles. The van der Waals surface area contributed by atoms with E-state index in [0.717, 1.165) is 11.1 Å². The fraction of sp³-hybridized carbons (Fsp3) is 0. The van der Waals surface area contributed by atoms with Gasteiger partial charge in [-0.05, 0) is 0 Å². The van der Waals surface area contributed by atoms with Gasteiger partial charge >= 0.3 is 5.97 Å². The third-order valence-corrected chi connectivity index (χ3v) is 2.68. The quantitative estimate of drug-likeness (QED) is 0.832. The Labute approximate surface area is 97.3 Å². The summed E-state index contributed by atoms with van der Waals surface area (Å²) in [6.45, 7) is 0. The van der Waals surface area contributed by atoms with Gasteiger partial charge in [-0.2, -0.15) is 0 Å². The maximum Gasteiger partial charge on any atom is 0.355 e. The minimum atomic E-state index is -1.02. The van der Waals surface area contributed by atoms with Crippen LogP contribution in [-0.4, -0.2) is 23.0 Å². The maximum atomic E-state index is 11.1. The number of aliphatic carboxylic acids is 1. The molecule has 0 amide bonds. The highest BCUT2D eigenvalue weighted by Gasteiger charge is 2.29. The zero-order valence-corrected chi connectivity index (χ0v) is 8.79. The lowest BCUT2D eigenvalue weighted by molar-refractivity contribution is -0.132. The predicted molar refractivity (Wildman–Crippen MR) is 64.2 cm³/mol. The van der Waals surface area contributed by atoms with E-state index in [-0.39, 0.29) is 5.70 Å². The van der Waals surface area contributed by atoms with Gasteiger partial charge in [0.05, 0.1) is 5.71 Å². The Morgan fingerprint density at radius 1 is 1.18 bits per heavy atom. The van der Waals surface area contributed by atoms with Crippen LogP contribution in [0.4, 0.5) is 0 Å². The summed E-state index contributed by atoms with van der Waals surface area (Å²) >= 11 is 0. The van der Waals surface area contributed by atoms with Gasteiger partial charge in [-0.3, -0.25) is 4.99 Å². The van der Waals surface area contributed by atoms with Crippen LogP contribution in [-0.2, 0) is 4.79 Å². The molecular formula is C13H8N2O2. The van der Waals surface area contributed by atoms with Gasteiger partial charge in [0.25, 0.3) is 0 Å². The van der Waals surface area contributed by atoms with Crippen molar-refractivity contribution >= 4 is 17.9 Å². The molecule has 1 aromatic carbocycles. The van der Waals surface area contributed by atoms with Gasteiger partial charge in [0, 0.05) is 29.1 Å². The van der Waals surface area contributed by atoms with E-state index in [1.165, 1.54) is 6.21 Å². The normalized spacial score (nSPS) is 16.9. The number of rotatable bonds is 2. The van der Waals surface area contributed by atoms with E-state index in [1.807, 2.05) is 30.3 Å². The van der Waals surface area contributed by atoms with Crippen molar-refractivity contribution in [1.29, 1.82) is 0 Å². The van der Waals surface area contributed by atoms with Crippen molar-refractivity contribution < 1.29 is 9.90 Å². The number of hydrogen-bond acceptors (Lipinski definition) is 3. The number of aliphatic imine (C=N–C) groups is 2. The van der Waals surface area contributed by atoms with Crippen molar-refractivity contribution in [2.45, 2.75) is 0 Å². The molecule has 0 radical (unpaired) electrons. The van der Waals surface area contributed by atoms with Crippen LogP contribution in [0.3, 0.4) is 0 Å². The van der Waals surface area contributed by atoms with Crippen molar-refractivity contribution in [1.82, 2.24) is 0 Å². The fourth-order valence-corrected chi connectivity index (χ4v) is 1.91. The van der Waals surface area contributed by atoms with Gasteiger partial charge in [-0.15, -0.1) is 0 Å². The number of benzene rings is 1. The molecule has 2 aliphatic rings. The second kappa shape index (κ2) is 3.52. The number of carbonyl (C=O) groups is 1. The van der Waals surface area contributed by atoms with Crippen LogP contribution in [0.5, 0.6) is 0 Å². The van der Waals surface area contributed by atoms with E-state index in [0.29, 0.717) is 11.3 Å². The lowest BCUT2D eigenvalue weighted by Crippen LogP contribution is -2.01. The SMILES string of the molecule is O=C(O)C1=C2C=NC=C2C(c2ccccc2)=N1. The van der Waals surface area contributed by atoms with Crippen LogP contribution in [0.1, 0.15) is 5.56 Å². The molecule has 0 aromatic heterocycles. The van der Waals surface area contributed by atoms with Gasteiger partial charge in [0.2, 0.25) is 0 Å². The molecule has 17 heavy (non-hydrogen) atoms. The molecule has 1 aromatic rings. The Balaban J connectivity index is 2.12. The average Bonchev–Trinajstić information content (AvgIpc) is 2.90. The van der Waals surface area contributed by atoms with Crippen LogP contribution < -0.4 is 0 Å². The molecule has 0 aliphatic carbocycles. The number of nitrogens with zero attached hydrogens (tertiary/aromatic N) is 2. The van der Waals surface area contributed by atoms with Gasteiger partial charge < -0.3 is 5.11 Å². The summed E-state index contributed by atoms with van der Waals surface area (Å²) in [6.07, 6.45) is 3.19. The standard InChI is InChI=1S/C13H8N2O2/c16-13(17)12-10-7-14-6-9(10)11(15-12)8-4-2-1-3-5-8/h1-7H,(H,16,17). The molecule has 82 valence electrons. The van der Waals surface area contributed by atoms with E-state index in [2.05, 4.69) is 9.98 Å². The summed E-state index contributed by atoms with van der Waals surface area (Å²) in [5.41, 5.74) is 3.02. The molecular weight excluding hydrogens is 216 g/mol. The third-order valence-electron chi connectivity index (χ3n) is 2.68. The predicted octanol–water partition coefficient (Wildman–Crippen LogP) is 1.80. The van der Waals surface area contributed by atoms with E-state index in [9.17, 15) is 4.79 Å². The zero-order valence-electron chi connectivity index (χ0n) is 8.79. The Hall–Kier alpha value is -2.49. The average molecular weight is 224 g/mol. The maximum absolute atomic E-state index is 11.1. The second-order valence-corrected chi connectivity index (χ2v) is 3.71. The monoisotopic (exact) mass is 224 g/mol. The Bertz CT molecular complexity index is 622. The number of allylic oxidation sites excluding steroid dienone is 2. The third kappa shape index (κ3) is 1.42.